The number of hydrogen-bond donors (Lipinski definition) is 0. The Kier molecular flexibility index (Phi) is 7.10. The fourth-order valence-corrected chi connectivity index (χ4v) is 3.61. The third-order valence-electron chi connectivity index (χ3n) is 4.59. The lowest BCUT2D eigenvalue weighted by molar-refractivity contribution is -0.136. The van der Waals surface area contributed by atoms with Crippen molar-refractivity contribution in [3.8, 4) is 5.75 Å². The summed E-state index contributed by atoms with van der Waals surface area (Å²) in [5.41, 5.74) is 0. The number of carbonyl (C=O) groups is 1. The number of nitrogens with zero attached hydrogens (tertiary/aromatic N) is 2. The van der Waals surface area contributed by atoms with Crippen molar-refractivity contribution >= 4 is 5.91 Å². The van der Waals surface area contributed by atoms with Crippen molar-refractivity contribution in [3.05, 3.63) is 30.3 Å². The highest BCUT2D eigenvalue weighted by atomic mass is 16.5. The number of para-hydroxylation sites is 1. The first kappa shape index (κ1) is 18.8. The minimum Gasteiger partial charge on any atom is -0.493 e. The van der Waals surface area contributed by atoms with Gasteiger partial charge in [0.05, 0.1) is 13.2 Å². The molecule has 1 amide bonds. The summed E-state index contributed by atoms with van der Waals surface area (Å²) in [6, 6.07) is 10.5. The van der Waals surface area contributed by atoms with Crippen molar-refractivity contribution in [1.29, 1.82) is 0 Å². The molecule has 0 radical (unpaired) electrons. The maximum atomic E-state index is 12.6. The number of benzene rings is 1. The zero-order chi connectivity index (χ0) is 17.5. The summed E-state index contributed by atoms with van der Waals surface area (Å²) in [6.07, 6.45) is 2.31. The summed E-state index contributed by atoms with van der Waals surface area (Å²) in [7, 11) is 0. The Bertz CT molecular complexity index is 494. The van der Waals surface area contributed by atoms with Crippen LogP contribution in [0.4, 0.5) is 0 Å². The zero-order valence-electron chi connectivity index (χ0n) is 15.6. The van der Waals surface area contributed by atoms with Gasteiger partial charge in [-0.25, -0.2) is 0 Å². The molecule has 1 aliphatic rings. The molecule has 4 nitrogen and oxygen atoms in total. The molecule has 4 heteroatoms. The molecule has 1 heterocycles. The van der Waals surface area contributed by atoms with Crippen LogP contribution in [-0.4, -0.2) is 54.0 Å². The van der Waals surface area contributed by atoms with E-state index in [2.05, 4.69) is 32.6 Å². The van der Waals surface area contributed by atoms with Crippen LogP contribution in [0.2, 0.25) is 0 Å². The first-order chi connectivity index (χ1) is 11.5. The lowest BCUT2D eigenvalue weighted by Crippen LogP contribution is -2.49. The van der Waals surface area contributed by atoms with E-state index in [0.29, 0.717) is 12.5 Å². The average Bonchev–Trinajstić information content (AvgIpc) is 2.53. The van der Waals surface area contributed by atoms with Gasteiger partial charge in [-0.2, -0.15) is 0 Å². The van der Waals surface area contributed by atoms with E-state index in [1.54, 1.807) is 0 Å². The van der Waals surface area contributed by atoms with Crippen LogP contribution >= 0.6 is 0 Å². The van der Waals surface area contributed by atoms with Gasteiger partial charge in [0, 0.05) is 24.5 Å². The third-order valence-corrected chi connectivity index (χ3v) is 4.59. The summed E-state index contributed by atoms with van der Waals surface area (Å²) >= 11 is 0. The highest BCUT2D eigenvalue weighted by molar-refractivity contribution is 5.78. The second kappa shape index (κ2) is 9.07. The fraction of sp³-hybridized carbons (Fsp3) is 0.650. The van der Waals surface area contributed by atoms with Crippen LogP contribution in [0.1, 0.15) is 40.5 Å². The van der Waals surface area contributed by atoms with Crippen LogP contribution < -0.4 is 4.74 Å². The van der Waals surface area contributed by atoms with E-state index in [4.69, 9.17) is 4.74 Å². The highest BCUT2D eigenvalue weighted by Crippen LogP contribution is 2.19. The molecule has 2 rings (SSSR count). The highest BCUT2D eigenvalue weighted by Gasteiger charge is 2.26. The SMILES string of the molecule is CC(C)N(C(=O)CN1CCCC(COc2ccccc2)C1)C(C)C. The molecule has 24 heavy (non-hydrogen) atoms. The Morgan fingerprint density at radius 3 is 2.50 bits per heavy atom. The molecule has 1 aromatic rings. The predicted molar refractivity (Wildman–Crippen MR) is 98.2 cm³/mol. The molecule has 0 N–H and O–H groups in total. The van der Waals surface area contributed by atoms with Gasteiger partial charge in [0.25, 0.3) is 0 Å². The van der Waals surface area contributed by atoms with Gasteiger partial charge in [-0.15, -0.1) is 0 Å². The first-order valence-corrected chi connectivity index (χ1v) is 9.18. The largest absolute Gasteiger partial charge is 0.493 e. The minimum atomic E-state index is 0.240. The van der Waals surface area contributed by atoms with Crippen molar-refractivity contribution in [2.24, 2.45) is 5.92 Å². The number of ether oxygens (including phenoxy) is 1. The van der Waals surface area contributed by atoms with Gasteiger partial charge in [0.1, 0.15) is 5.75 Å². The Morgan fingerprint density at radius 1 is 1.21 bits per heavy atom. The number of likely N-dealkylation sites (tertiary alicyclic amines) is 1. The number of carbonyl (C=O) groups excluding carboxylic acids is 1. The van der Waals surface area contributed by atoms with Gasteiger partial charge >= 0.3 is 0 Å². The van der Waals surface area contributed by atoms with Crippen molar-refractivity contribution < 1.29 is 9.53 Å². The maximum absolute atomic E-state index is 12.6. The molecule has 0 aliphatic carbocycles. The van der Waals surface area contributed by atoms with Crippen molar-refractivity contribution in [1.82, 2.24) is 9.80 Å². The molecule has 1 saturated heterocycles. The molecule has 1 atom stereocenters. The van der Waals surface area contributed by atoms with E-state index in [9.17, 15) is 4.79 Å². The van der Waals surface area contributed by atoms with Crippen LogP contribution in [0.5, 0.6) is 5.75 Å². The lowest BCUT2D eigenvalue weighted by Gasteiger charge is -2.36. The molecule has 1 aromatic carbocycles. The second-order valence-electron chi connectivity index (χ2n) is 7.36. The maximum Gasteiger partial charge on any atom is 0.237 e. The zero-order valence-corrected chi connectivity index (χ0v) is 15.6. The van der Waals surface area contributed by atoms with E-state index in [1.807, 2.05) is 35.2 Å². The van der Waals surface area contributed by atoms with E-state index >= 15 is 0 Å². The normalized spacial score (nSPS) is 18.8. The van der Waals surface area contributed by atoms with Crippen molar-refractivity contribution in [2.75, 3.05) is 26.2 Å². The van der Waals surface area contributed by atoms with Gasteiger partial charge in [-0.05, 0) is 59.2 Å². The van der Waals surface area contributed by atoms with E-state index in [-0.39, 0.29) is 18.0 Å². The molecule has 1 unspecified atom stereocenters. The molecule has 0 bridgehead atoms. The van der Waals surface area contributed by atoms with Crippen LogP contribution in [-0.2, 0) is 4.79 Å². The number of rotatable bonds is 7. The summed E-state index contributed by atoms with van der Waals surface area (Å²) in [4.78, 5) is 16.9. The molecular formula is C20H32N2O2. The quantitative estimate of drug-likeness (QED) is 0.767. The fourth-order valence-electron chi connectivity index (χ4n) is 3.61. The van der Waals surface area contributed by atoms with Crippen LogP contribution in [0.3, 0.4) is 0 Å². The lowest BCUT2D eigenvalue weighted by atomic mass is 9.99. The molecule has 1 fully saturated rings. The Hall–Kier alpha value is -1.55. The van der Waals surface area contributed by atoms with E-state index in [1.165, 1.54) is 6.42 Å². The first-order valence-electron chi connectivity index (χ1n) is 9.18. The van der Waals surface area contributed by atoms with Crippen LogP contribution in [0.15, 0.2) is 30.3 Å². The molecule has 0 saturated carbocycles. The monoisotopic (exact) mass is 332 g/mol. The summed E-state index contributed by atoms with van der Waals surface area (Å²) in [5.74, 6) is 1.67. The molecule has 134 valence electrons. The standard InChI is InChI=1S/C20H32N2O2/c1-16(2)22(17(3)4)20(23)14-21-12-8-9-18(13-21)15-24-19-10-6-5-7-11-19/h5-7,10-11,16-18H,8-9,12-15H2,1-4H3. The Morgan fingerprint density at radius 2 is 1.88 bits per heavy atom. The van der Waals surface area contributed by atoms with Gasteiger partial charge in [-0.3, -0.25) is 9.69 Å². The second-order valence-corrected chi connectivity index (χ2v) is 7.36. The third kappa shape index (κ3) is 5.52. The number of amides is 1. The number of hydrogen-bond acceptors (Lipinski definition) is 3. The Labute approximate surface area is 146 Å². The number of piperidine rings is 1. The van der Waals surface area contributed by atoms with Gasteiger partial charge in [-0.1, -0.05) is 18.2 Å². The van der Waals surface area contributed by atoms with Gasteiger partial charge in [0.15, 0.2) is 0 Å². The van der Waals surface area contributed by atoms with Gasteiger partial charge in [0.2, 0.25) is 5.91 Å². The predicted octanol–water partition coefficient (Wildman–Crippen LogP) is 3.42. The van der Waals surface area contributed by atoms with Crippen LogP contribution in [0, 0.1) is 5.92 Å². The summed E-state index contributed by atoms with van der Waals surface area (Å²) < 4.78 is 5.90. The Balaban J connectivity index is 1.83. The molecule has 0 spiro atoms. The average molecular weight is 332 g/mol. The molecular weight excluding hydrogens is 300 g/mol. The smallest absolute Gasteiger partial charge is 0.237 e. The van der Waals surface area contributed by atoms with Crippen molar-refractivity contribution in [2.45, 2.75) is 52.6 Å². The van der Waals surface area contributed by atoms with E-state index in [0.717, 1.165) is 31.9 Å². The van der Waals surface area contributed by atoms with Crippen LogP contribution in [0.25, 0.3) is 0 Å². The van der Waals surface area contributed by atoms with Gasteiger partial charge < -0.3 is 9.64 Å². The van der Waals surface area contributed by atoms with E-state index < -0.39 is 0 Å². The van der Waals surface area contributed by atoms with Crippen molar-refractivity contribution in [3.63, 3.8) is 0 Å². The summed E-state index contributed by atoms with van der Waals surface area (Å²) in [5, 5.41) is 0. The minimum absolute atomic E-state index is 0.240. The molecule has 0 aromatic heterocycles. The summed E-state index contributed by atoms with van der Waals surface area (Å²) in [6.45, 7) is 11.6. The molecule has 1 aliphatic heterocycles. The topological polar surface area (TPSA) is 32.8 Å².